The second-order valence-corrected chi connectivity index (χ2v) is 8.94. The zero-order chi connectivity index (χ0) is 18.3. The van der Waals surface area contributed by atoms with Gasteiger partial charge in [-0.15, -0.1) is 11.8 Å². The van der Waals surface area contributed by atoms with Crippen LogP contribution in [-0.2, 0) is 0 Å². The van der Waals surface area contributed by atoms with Crippen molar-refractivity contribution in [2.24, 2.45) is 0 Å². The number of hydrogen-bond donors (Lipinski definition) is 2. The summed E-state index contributed by atoms with van der Waals surface area (Å²) in [7, 11) is 0. The molecule has 6 heteroatoms. The molecular formula is C20H24N2O3S. The summed E-state index contributed by atoms with van der Waals surface area (Å²) in [5, 5.41) is 11.1. The molecule has 2 N–H and O–H groups in total. The topological polar surface area (TPSA) is 73.4 Å². The van der Waals surface area contributed by atoms with E-state index in [0.29, 0.717) is 0 Å². The number of piperidine rings is 2. The maximum Gasteiger partial charge on any atom is 0.408 e. The third kappa shape index (κ3) is 2.90. The number of amides is 1. The SMILES string of the molecule is CC(Sc1ccc2[nH]c(=O)ccc2c1)C12CCCC(CCC1)N2C(=O)O. The standard InChI is InChI=1S/C20H24N2O3S/c1-13(20-10-2-4-15(5-3-11-20)22(20)19(24)25)26-16-7-8-17-14(12-16)6-9-18(23)21-17/h6-9,12-13,15H,2-5,10-11H2,1H3,(H,21,23)(H,24,25). The number of aromatic amines is 1. The smallest absolute Gasteiger partial charge is 0.408 e. The summed E-state index contributed by atoms with van der Waals surface area (Å²) in [4.78, 5) is 29.2. The first-order valence-corrected chi connectivity index (χ1v) is 10.2. The van der Waals surface area contributed by atoms with Gasteiger partial charge in [0.15, 0.2) is 0 Å². The molecule has 1 amide bonds. The van der Waals surface area contributed by atoms with Gasteiger partial charge in [-0.25, -0.2) is 4.79 Å². The molecule has 5 nitrogen and oxygen atoms in total. The molecule has 2 saturated heterocycles. The second-order valence-electron chi connectivity index (χ2n) is 7.53. The Kier molecular flexibility index (Phi) is 4.47. The molecule has 2 aliphatic heterocycles. The second kappa shape index (κ2) is 6.65. The van der Waals surface area contributed by atoms with Crippen LogP contribution in [0.4, 0.5) is 4.79 Å². The molecule has 0 radical (unpaired) electrons. The average molecular weight is 372 g/mol. The van der Waals surface area contributed by atoms with E-state index in [-0.39, 0.29) is 22.4 Å². The minimum atomic E-state index is -0.766. The first-order chi connectivity index (χ1) is 12.5. The van der Waals surface area contributed by atoms with Gasteiger partial charge < -0.3 is 10.1 Å². The van der Waals surface area contributed by atoms with Gasteiger partial charge >= 0.3 is 6.09 Å². The van der Waals surface area contributed by atoms with Crippen LogP contribution >= 0.6 is 11.8 Å². The number of nitrogens with zero attached hydrogens (tertiary/aromatic N) is 1. The van der Waals surface area contributed by atoms with Crippen LogP contribution in [0.3, 0.4) is 0 Å². The zero-order valence-electron chi connectivity index (χ0n) is 14.9. The van der Waals surface area contributed by atoms with Crippen LogP contribution in [0.1, 0.15) is 45.4 Å². The predicted molar refractivity (Wildman–Crippen MR) is 104 cm³/mol. The Morgan fingerprint density at radius 1 is 1.27 bits per heavy atom. The number of fused-ring (bicyclic) bond motifs is 3. The van der Waals surface area contributed by atoms with E-state index in [1.807, 2.05) is 18.2 Å². The fraction of sp³-hybridized carbons (Fsp3) is 0.500. The van der Waals surface area contributed by atoms with Crippen molar-refractivity contribution in [2.45, 2.75) is 67.2 Å². The highest BCUT2D eigenvalue weighted by Gasteiger charge is 2.51. The summed E-state index contributed by atoms with van der Waals surface area (Å²) in [6.07, 6.45) is 5.34. The van der Waals surface area contributed by atoms with Crippen LogP contribution in [0.15, 0.2) is 40.0 Å². The molecule has 0 aliphatic carbocycles. The number of thioether (sulfide) groups is 1. The molecule has 3 heterocycles. The summed E-state index contributed by atoms with van der Waals surface area (Å²) < 4.78 is 0. The molecule has 138 valence electrons. The highest BCUT2D eigenvalue weighted by Crippen LogP contribution is 2.48. The molecule has 0 spiro atoms. The molecule has 1 atom stereocenters. The number of benzene rings is 1. The molecule has 4 rings (SSSR count). The van der Waals surface area contributed by atoms with Gasteiger partial charge in [0, 0.05) is 27.8 Å². The number of pyridine rings is 1. The van der Waals surface area contributed by atoms with Gasteiger partial charge in [-0.05, 0) is 68.2 Å². The fourth-order valence-electron chi connectivity index (χ4n) is 4.89. The number of hydrogen-bond acceptors (Lipinski definition) is 3. The highest BCUT2D eigenvalue weighted by molar-refractivity contribution is 8.00. The Bertz CT molecular complexity index is 884. The van der Waals surface area contributed by atoms with E-state index in [2.05, 4.69) is 18.0 Å². The predicted octanol–water partition coefficient (Wildman–Crippen LogP) is 4.46. The Hall–Kier alpha value is -1.95. The number of carbonyl (C=O) groups is 1. The third-order valence-corrected chi connectivity index (χ3v) is 7.43. The van der Waals surface area contributed by atoms with Crippen molar-refractivity contribution >= 4 is 28.8 Å². The number of aromatic nitrogens is 1. The molecule has 2 bridgehead atoms. The van der Waals surface area contributed by atoms with E-state index in [9.17, 15) is 14.7 Å². The molecular weight excluding hydrogens is 348 g/mol. The lowest BCUT2D eigenvalue weighted by atomic mass is 9.73. The summed E-state index contributed by atoms with van der Waals surface area (Å²) in [6, 6.07) is 9.59. The normalized spacial score (nSPS) is 26.7. The average Bonchev–Trinajstić information content (AvgIpc) is 2.61. The van der Waals surface area contributed by atoms with Crippen LogP contribution in [0.25, 0.3) is 10.9 Å². The lowest BCUT2D eigenvalue weighted by Crippen LogP contribution is -2.65. The Balaban J connectivity index is 1.63. The lowest BCUT2D eigenvalue weighted by Gasteiger charge is -2.56. The van der Waals surface area contributed by atoms with Gasteiger partial charge in [-0.3, -0.25) is 9.69 Å². The molecule has 1 aromatic carbocycles. The number of rotatable bonds is 3. The Labute approximate surface area is 156 Å². The molecule has 0 saturated carbocycles. The molecule has 2 fully saturated rings. The monoisotopic (exact) mass is 372 g/mol. The van der Waals surface area contributed by atoms with E-state index >= 15 is 0 Å². The third-order valence-electron chi connectivity index (χ3n) is 6.11. The van der Waals surface area contributed by atoms with E-state index < -0.39 is 6.09 Å². The first kappa shape index (κ1) is 17.5. The largest absolute Gasteiger partial charge is 0.465 e. The van der Waals surface area contributed by atoms with Crippen molar-refractivity contribution < 1.29 is 9.90 Å². The first-order valence-electron chi connectivity index (χ1n) is 9.32. The minimum Gasteiger partial charge on any atom is -0.465 e. The van der Waals surface area contributed by atoms with Crippen molar-refractivity contribution in [2.75, 3.05) is 0 Å². The lowest BCUT2D eigenvalue weighted by molar-refractivity contribution is -0.0220. The van der Waals surface area contributed by atoms with E-state index in [0.717, 1.165) is 54.3 Å². The van der Waals surface area contributed by atoms with Crippen LogP contribution in [0.5, 0.6) is 0 Å². The van der Waals surface area contributed by atoms with Crippen LogP contribution in [-0.4, -0.2) is 37.9 Å². The van der Waals surface area contributed by atoms with Crippen LogP contribution < -0.4 is 5.56 Å². The molecule has 2 aliphatic rings. The minimum absolute atomic E-state index is 0.0993. The van der Waals surface area contributed by atoms with E-state index in [4.69, 9.17) is 0 Å². The number of carboxylic acid groups (broad SMARTS) is 1. The van der Waals surface area contributed by atoms with Crippen molar-refractivity contribution in [3.8, 4) is 0 Å². The zero-order valence-corrected chi connectivity index (χ0v) is 15.7. The highest BCUT2D eigenvalue weighted by atomic mass is 32.2. The van der Waals surface area contributed by atoms with Crippen molar-refractivity contribution in [3.63, 3.8) is 0 Å². The Morgan fingerprint density at radius 3 is 2.69 bits per heavy atom. The van der Waals surface area contributed by atoms with Crippen LogP contribution in [0.2, 0.25) is 0 Å². The van der Waals surface area contributed by atoms with Crippen molar-refractivity contribution in [1.82, 2.24) is 9.88 Å². The summed E-state index contributed by atoms with van der Waals surface area (Å²) in [5.74, 6) is 0. The summed E-state index contributed by atoms with van der Waals surface area (Å²) in [5.41, 5.74) is 0.463. The fourth-order valence-corrected chi connectivity index (χ4v) is 6.21. The van der Waals surface area contributed by atoms with Crippen LogP contribution in [0, 0.1) is 0 Å². The van der Waals surface area contributed by atoms with Gasteiger partial charge in [-0.1, -0.05) is 6.92 Å². The summed E-state index contributed by atoms with van der Waals surface area (Å²) in [6.45, 7) is 2.17. The quantitative estimate of drug-likeness (QED) is 0.780. The Morgan fingerprint density at radius 2 is 2.00 bits per heavy atom. The molecule has 1 unspecified atom stereocenters. The van der Waals surface area contributed by atoms with Crippen molar-refractivity contribution in [3.05, 3.63) is 40.7 Å². The molecule has 26 heavy (non-hydrogen) atoms. The summed E-state index contributed by atoms with van der Waals surface area (Å²) >= 11 is 1.75. The van der Waals surface area contributed by atoms with Gasteiger partial charge in [0.05, 0.1) is 5.54 Å². The molecule has 1 aromatic heterocycles. The number of nitrogens with one attached hydrogen (secondary N) is 1. The van der Waals surface area contributed by atoms with Gasteiger partial charge in [-0.2, -0.15) is 0 Å². The maximum absolute atomic E-state index is 12.0. The van der Waals surface area contributed by atoms with Gasteiger partial charge in [0.2, 0.25) is 5.56 Å². The molecule has 2 aromatic rings. The van der Waals surface area contributed by atoms with Gasteiger partial charge in [0.25, 0.3) is 0 Å². The van der Waals surface area contributed by atoms with E-state index in [1.54, 1.807) is 16.7 Å². The van der Waals surface area contributed by atoms with Gasteiger partial charge in [0.1, 0.15) is 0 Å². The van der Waals surface area contributed by atoms with E-state index in [1.165, 1.54) is 6.07 Å². The van der Waals surface area contributed by atoms with Crippen molar-refractivity contribution in [1.29, 1.82) is 0 Å². The number of H-pyrrole nitrogens is 1. The maximum atomic E-state index is 12.0.